The van der Waals surface area contributed by atoms with Gasteiger partial charge in [-0.25, -0.2) is 14.8 Å². The molecule has 0 radical (unpaired) electrons. The molecule has 0 saturated heterocycles. The fraction of sp³-hybridized carbons (Fsp3) is 0.115. The lowest BCUT2D eigenvalue weighted by Crippen LogP contribution is -2.18. The van der Waals surface area contributed by atoms with Crippen molar-refractivity contribution < 1.29 is 4.42 Å². The van der Waals surface area contributed by atoms with Crippen LogP contribution in [0.4, 0.5) is 5.82 Å². The molecule has 4 heterocycles. The molecule has 6 aromatic rings. The van der Waals surface area contributed by atoms with Crippen molar-refractivity contribution in [2.75, 3.05) is 5.32 Å². The van der Waals surface area contributed by atoms with Gasteiger partial charge in [0.25, 0.3) is 5.56 Å². The van der Waals surface area contributed by atoms with Gasteiger partial charge in [-0.3, -0.25) is 14.5 Å². The average molecular weight is 514 g/mol. The summed E-state index contributed by atoms with van der Waals surface area (Å²) in [5.41, 5.74) is 4.33. The topological polar surface area (TPSA) is 124 Å². The largest absolute Gasteiger partial charge is 0.417 e. The van der Waals surface area contributed by atoms with Gasteiger partial charge in [-0.1, -0.05) is 41.9 Å². The number of halogens is 1. The summed E-state index contributed by atoms with van der Waals surface area (Å²) < 4.78 is 8.75. The van der Waals surface area contributed by atoms with Crippen LogP contribution in [0.1, 0.15) is 16.7 Å². The zero-order valence-electron chi connectivity index (χ0n) is 19.4. The van der Waals surface area contributed by atoms with E-state index in [0.29, 0.717) is 47.2 Å². The molecule has 37 heavy (non-hydrogen) atoms. The highest BCUT2D eigenvalue weighted by Gasteiger charge is 2.12. The molecule has 10 nitrogen and oxygen atoms in total. The molecule has 0 unspecified atom stereocenters. The number of nitrogens with zero attached hydrogens (tertiary/aromatic N) is 5. The lowest BCUT2D eigenvalue weighted by Gasteiger charge is -2.07. The van der Waals surface area contributed by atoms with Crippen LogP contribution in [0, 0.1) is 0 Å². The summed E-state index contributed by atoms with van der Waals surface area (Å²) in [4.78, 5) is 34.9. The van der Waals surface area contributed by atoms with Crippen molar-refractivity contribution in [2.45, 2.75) is 19.6 Å². The number of fused-ring (bicyclic) bond motifs is 2. The molecule has 2 N–H and O–H groups in total. The molecule has 11 heteroatoms. The van der Waals surface area contributed by atoms with Crippen molar-refractivity contribution in [3.8, 4) is 0 Å². The first kappa shape index (κ1) is 22.7. The summed E-state index contributed by atoms with van der Waals surface area (Å²) in [6.45, 7) is 1.40. The van der Waals surface area contributed by atoms with Gasteiger partial charge in [0.1, 0.15) is 12.1 Å². The number of aromatic amines is 1. The Morgan fingerprint density at radius 1 is 1.00 bits per heavy atom. The quantitative estimate of drug-likeness (QED) is 0.333. The van der Waals surface area contributed by atoms with Gasteiger partial charge in [-0.05, 0) is 29.3 Å². The number of nitrogens with one attached hydrogen (secondary N) is 2. The number of aromatic nitrogens is 6. The van der Waals surface area contributed by atoms with Crippen molar-refractivity contribution in [2.24, 2.45) is 0 Å². The van der Waals surface area contributed by atoms with Crippen LogP contribution in [0.3, 0.4) is 0 Å². The number of H-pyrrole nitrogens is 1. The summed E-state index contributed by atoms with van der Waals surface area (Å²) in [5, 5.41) is 9.12. The standard InChI is InChI=1S/C26H20ClN7O3/c27-19-9-18(23-21(10-19)31-26(36)37-23)11-28-24-20-14-34(32-25(20)30-15-29-24)13-17-6-4-16(5-7-17)12-33-8-2-1-3-22(33)35/h1-10,14-15H,11-13H2,(H,31,36)(H,28,29,30,32). The van der Waals surface area contributed by atoms with Gasteiger partial charge in [-0.15, -0.1) is 0 Å². The predicted octanol–water partition coefficient (Wildman–Crippen LogP) is 3.78. The van der Waals surface area contributed by atoms with Crippen molar-refractivity contribution in [1.82, 2.24) is 29.3 Å². The lowest BCUT2D eigenvalue weighted by molar-refractivity contribution is 0.552. The Bertz CT molecular complexity index is 1850. The molecule has 2 aromatic carbocycles. The lowest BCUT2D eigenvalue weighted by atomic mass is 10.1. The molecule has 0 fully saturated rings. The van der Waals surface area contributed by atoms with Gasteiger partial charge >= 0.3 is 5.76 Å². The average Bonchev–Trinajstić information content (AvgIpc) is 3.47. The van der Waals surface area contributed by atoms with Crippen molar-refractivity contribution in [3.63, 3.8) is 0 Å². The molecular weight excluding hydrogens is 494 g/mol. The fourth-order valence-corrected chi connectivity index (χ4v) is 4.47. The molecule has 184 valence electrons. The molecule has 0 atom stereocenters. The van der Waals surface area contributed by atoms with Crippen LogP contribution in [0.2, 0.25) is 5.02 Å². The molecule has 0 spiro atoms. The minimum atomic E-state index is -0.536. The summed E-state index contributed by atoms with van der Waals surface area (Å²) in [5.74, 6) is 0.0668. The maximum absolute atomic E-state index is 12.0. The highest BCUT2D eigenvalue weighted by molar-refractivity contribution is 6.31. The van der Waals surface area contributed by atoms with Gasteiger partial charge in [0, 0.05) is 35.6 Å². The fourth-order valence-electron chi connectivity index (χ4n) is 4.23. The molecule has 0 aliphatic heterocycles. The van der Waals surface area contributed by atoms with E-state index >= 15 is 0 Å². The molecule has 0 saturated carbocycles. The van der Waals surface area contributed by atoms with Crippen LogP contribution in [0.25, 0.3) is 22.1 Å². The van der Waals surface area contributed by atoms with Crippen LogP contribution in [0.15, 0.2) is 87.3 Å². The predicted molar refractivity (Wildman–Crippen MR) is 140 cm³/mol. The van der Waals surface area contributed by atoms with Crippen LogP contribution in [-0.4, -0.2) is 29.3 Å². The van der Waals surface area contributed by atoms with Crippen molar-refractivity contribution in [1.29, 1.82) is 0 Å². The first-order valence-corrected chi connectivity index (χ1v) is 11.9. The minimum absolute atomic E-state index is 0.0299. The third kappa shape index (κ3) is 4.74. The highest BCUT2D eigenvalue weighted by Crippen LogP contribution is 2.24. The van der Waals surface area contributed by atoms with Crippen LogP contribution in [-0.2, 0) is 19.6 Å². The third-order valence-electron chi connectivity index (χ3n) is 5.99. The SMILES string of the molecule is O=c1[nH]c2cc(Cl)cc(CNc3ncnc4nn(Cc5ccc(Cn6ccccc6=O)cc5)cc34)c2o1. The first-order valence-electron chi connectivity index (χ1n) is 11.5. The maximum Gasteiger partial charge on any atom is 0.417 e. The second-order valence-corrected chi connectivity index (χ2v) is 9.02. The number of rotatable bonds is 7. The summed E-state index contributed by atoms with van der Waals surface area (Å²) >= 11 is 6.20. The van der Waals surface area contributed by atoms with Gasteiger partial charge < -0.3 is 14.3 Å². The molecule has 0 amide bonds. The molecule has 0 bridgehead atoms. The van der Waals surface area contributed by atoms with Gasteiger partial charge in [-0.2, -0.15) is 5.10 Å². The Labute approximate surface area is 214 Å². The Hall–Kier alpha value is -4.70. The minimum Gasteiger partial charge on any atom is -0.407 e. The van der Waals surface area contributed by atoms with Crippen LogP contribution >= 0.6 is 11.6 Å². The Kier molecular flexibility index (Phi) is 5.78. The molecule has 4 aromatic heterocycles. The number of benzene rings is 2. The Balaban J connectivity index is 1.20. The van der Waals surface area contributed by atoms with E-state index < -0.39 is 5.76 Å². The molecule has 0 aliphatic carbocycles. The van der Waals surface area contributed by atoms with E-state index in [-0.39, 0.29) is 5.56 Å². The molecule has 0 aliphatic rings. The van der Waals surface area contributed by atoms with E-state index in [1.165, 1.54) is 6.33 Å². The van der Waals surface area contributed by atoms with Gasteiger partial charge in [0.2, 0.25) is 0 Å². The normalized spacial score (nSPS) is 11.4. The van der Waals surface area contributed by atoms with Crippen LogP contribution in [0.5, 0.6) is 0 Å². The van der Waals surface area contributed by atoms with Crippen molar-refractivity contribution in [3.05, 3.63) is 116 Å². The number of oxazole rings is 1. The molecule has 6 rings (SSSR count). The van der Waals surface area contributed by atoms with Crippen molar-refractivity contribution >= 4 is 39.6 Å². The summed E-state index contributed by atoms with van der Waals surface area (Å²) in [6.07, 6.45) is 5.12. The summed E-state index contributed by atoms with van der Waals surface area (Å²) in [7, 11) is 0. The number of anilines is 1. The van der Waals surface area contributed by atoms with E-state index in [9.17, 15) is 9.59 Å². The van der Waals surface area contributed by atoms with E-state index in [0.717, 1.165) is 22.1 Å². The van der Waals surface area contributed by atoms with E-state index in [2.05, 4.69) is 25.4 Å². The zero-order valence-corrected chi connectivity index (χ0v) is 20.1. The highest BCUT2D eigenvalue weighted by atomic mass is 35.5. The van der Waals surface area contributed by atoms with E-state index in [1.807, 2.05) is 41.2 Å². The maximum atomic E-state index is 12.0. The van der Waals surface area contributed by atoms with Gasteiger partial charge in [0.05, 0.1) is 24.0 Å². The zero-order chi connectivity index (χ0) is 25.4. The summed E-state index contributed by atoms with van der Waals surface area (Å²) in [6, 6.07) is 16.6. The second-order valence-electron chi connectivity index (χ2n) is 8.58. The second kappa shape index (κ2) is 9.40. The number of hydrogen-bond acceptors (Lipinski definition) is 7. The Morgan fingerprint density at radius 3 is 2.62 bits per heavy atom. The number of pyridine rings is 1. The first-order chi connectivity index (χ1) is 18.0. The van der Waals surface area contributed by atoms with E-state index in [4.69, 9.17) is 16.0 Å². The number of hydrogen-bond donors (Lipinski definition) is 2. The molecular formula is C26H20ClN7O3. The van der Waals surface area contributed by atoms with E-state index in [1.54, 1.807) is 35.0 Å². The van der Waals surface area contributed by atoms with Gasteiger partial charge in [0.15, 0.2) is 11.2 Å². The Morgan fingerprint density at radius 2 is 1.81 bits per heavy atom. The smallest absolute Gasteiger partial charge is 0.407 e. The monoisotopic (exact) mass is 513 g/mol. The van der Waals surface area contributed by atoms with Crippen LogP contribution < -0.4 is 16.6 Å². The third-order valence-corrected chi connectivity index (χ3v) is 6.21.